The van der Waals surface area contributed by atoms with E-state index >= 15 is 0 Å². The number of nitrogens with zero attached hydrogens (tertiary/aromatic N) is 3. The number of rotatable bonds is 3. The van der Waals surface area contributed by atoms with Gasteiger partial charge in [0, 0.05) is 18.1 Å². The van der Waals surface area contributed by atoms with Crippen LogP contribution >= 0.6 is 0 Å². The summed E-state index contributed by atoms with van der Waals surface area (Å²) in [7, 11) is 0. The predicted octanol–water partition coefficient (Wildman–Crippen LogP) is 1.57. The molecule has 1 aromatic carbocycles. The SMILES string of the molecule is CC(=O)NCC(=O)N1Cc2c(-c3cccc(C)c3)nc(N)nc2[C@H]1C. The van der Waals surface area contributed by atoms with Gasteiger partial charge in [0.1, 0.15) is 0 Å². The van der Waals surface area contributed by atoms with E-state index in [1.807, 2.05) is 38.1 Å². The van der Waals surface area contributed by atoms with Crippen molar-refractivity contribution in [1.29, 1.82) is 0 Å². The Bertz CT molecular complexity index is 849. The van der Waals surface area contributed by atoms with Gasteiger partial charge in [0.05, 0.1) is 30.5 Å². The quantitative estimate of drug-likeness (QED) is 0.884. The maximum Gasteiger partial charge on any atom is 0.242 e. The smallest absolute Gasteiger partial charge is 0.242 e. The molecular weight excluding hydrogens is 318 g/mol. The van der Waals surface area contributed by atoms with E-state index in [1.54, 1.807) is 4.90 Å². The molecule has 2 amide bonds. The van der Waals surface area contributed by atoms with E-state index in [2.05, 4.69) is 15.3 Å². The summed E-state index contributed by atoms with van der Waals surface area (Å²) in [6.45, 7) is 5.68. The van der Waals surface area contributed by atoms with Crippen molar-refractivity contribution in [1.82, 2.24) is 20.2 Å². The van der Waals surface area contributed by atoms with Crippen LogP contribution in [0.5, 0.6) is 0 Å². The van der Waals surface area contributed by atoms with E-state index in [-0.39, 0.29) is 30.3 Å². The number of nitrogen functional groups attached to an aromatic ring is 1. The van der Waals surface area contributed by atoms with E-state index in [0.717, 1.165) is 28.1 Å². The molecule has 1 aromatic heterocycles. The summed E-state index contributed by atoms with van der Waals surface area (Å²) in [6.07, 6.45) is 0. The molecule has 0 saturated carbocycles. The lowest BCUT2D eigenvalue weighted by Crippen LogP contribution is -2.38. The zero-order valence-electron chi connectivity index (χ0n) is 14.5. The summed E-state index contributed by atoms with van der Waals surface area (Å²) in [5, 5.41) is 2.54. The highest BCUT2D eigenvalue weighted by Crippen LogP contribution is 2.37. The monoisotopic (exact) mass is 339 g/mol. The van der Waals surface area contributed by atoms with Crippen LogP contribution in [0.1, 0.15) is 36.7 Å². The van der Waals surface area contributed by atoms with Gasteiger partial charge < -0.3 is 16.0 Å². The van der Waals surface area contributed by atoms with Crippen molar-refractivity contribution in [3.8, 4) is 11.3 Å². The molecule has 25 heavy (non-hydrogen) atoms. The van der Waals surface area contributed by atoms with Gasteiger partial charge in [-0.2, -0.15) is 0 Å². The molecule has 0 unspecified atom stereocenters. The zero-order valence-corrected chi connectivity index (χ0v) is 14.5. The first kappa shape index (κ1) is 16.9. The topological polar surface area (TPSA) is 101 Å². The normalized spacial score (nSPS) is 15.8. The lowest BCUT2D eigenvalue weighted by molar-refractivity contribution is -0.134. The van der Waals surface area contributed by atoms with Gasteiger partial charge in [0.2, 0.25) is 17.8 Å². The Hall–Kier alpha value is -2.96. The molecule has 3 rings (SSSR count). The van der Waals surface area contributed by atoms with Crippen LogP contribution in [0.4, 0.5) is 5.95 Å². The van der Waals surface area contributed by atoms with Crippen LogP contribution in [-0.4, -0.2) is 33.2 Å². The number of aromatic nitrogens is 2. The number of aryl methyl sites for hydroxylation is 1. The van der Waals surface area contributed by atoms with Crippen LogP contribution < -0.4 is 11.1 Å². The second-order valence-corrected chi connectivity index (χ2v) is 6.27. The van der Waals surface area contributed by atoms with Crippen LogP contribution in [0, 0.1) is 6.92 Å². The molecule has 0 radical (unpaired) electrons. The molecule has 1 aliphatic heterocycles. The van der Waals surface area contributed by atoms with Crippen LogP contribution in [-0.2, 0) is 16.1 Å². The van der Waals surface area contributed by atoms with Crippen molar-refractivity contribution in [2.24, 2.45) is 0 Å². The van der Waals surface area contributed by atoms with E-state index in [4.69, 9.17) is 5.73 Å². The molecule has 2 aromatic rings. The van der Waals surface area contributed by atoms with Crippen molar-refractivity contribution in [2.75, 3.05) is 12.3 Å². The maximum atomic E-state index is 12.4. The summed E-state index contributed by atoms with van der Waals surface area (Å²) < 4.78 is 0. The first-order valence-corrected chi connectivity index (χ1v) is 8.14. The second-order valence-electron chi connectivity index (χ2n) is 6.27. The molecule has 7 heteroatoms. The van der Waals surface area contributed by atoms with Crippen molar-refractivity contribution in [3.63, 3.8) is 0 Å². The van der Waals surface area contributed by atoms with Crippen molar-refractivity contribution < 1.29 is 9.59 Å². The van der Waals surface area contributed by atoms with Crippen molar-refractivity contribution in [2.45, 2.75) is 33.4 Å². The molecule has 0 spiro atoms. The van der Waals surface area contributed by atoms with E-state index in [9.17, 15) is 9.59 Å². The number of hydrogen-bond acceptors (Lipinski definition) is 5. The summed E-state index contributed by atoms with van der Waals surface area (Å²) in [5.41, 5.74) is 10.4. The minimum absolute atomic E-state index is 0.0314. The van der Waals surface area contributed by atoms with Gasteiger partial charge in [0.25, 0.3) is 0 Å². The Balaban J connectivity index is 1.97. The van der Waals surface area contributed by atoms with Gasteiger partial charge in [-0.3, -0.25) is 9.59 Å². The zero-order chi connectivity index (χ0) is 18.1. The molecule has 7 nitrogen and oxygen atoms in total. The van der Waals surface area contributed by atoms with E-state index in [1.165, 1.54) is 6.92 Å². The first-order chi connectivity index (χ1) is 11.9. The third-order valence-electron chi connectivity index (χ3n) is 4.35. The molecule has 0 saturated heterocycles. The van der Waals surface area contributed by atoms with Gasteiger partial charge >= 0.3 is 0 Å². The van der Waals surface area contributed by atoms with Gasteiger partial charge in [-0.1, -0.05) is 23.8 Å². The van der Waals surface area contributed by atoms with Crippen LogP contribution in [0.3, 0.4) is 0 Å². The molecule has 1 aliphatic rings. The third-order valence-corrected chi connectivity index (χ3v) is 4.35. The van der Waals surface area contributed by atoms with Gasteiger partial charge in [-0.25, -0.2) is 9.97 Å². The number of fused-ring (bicyclic) bond motifs is 1. The highest BCUT2D eigenvalue weighted by atomic mass is 16.2. The van der Waals surface area contributed by atoms with Crippen LogP contribution in [0.2, 0.25) is 0 Å². The van der Waals surface area contributed by atoms with Gasteiger partial charge in [-0.05, 0) is 19.9 Å². The Morgan fingerprint density at radius 3 is 2.80 bits per heavy atom. The largest absolute Gasteiger partial charge is 0.368 e. The minimum atomic E-state index is -0.234. The Kier molecular flexibility index (Phi) is 4.39. The molecular formula is C18H21N5O2. The average molecular weight is 339 g/mol. The molecule has 0 aliphatic carbocycles. The van der Waals surface area contributed by atoms with E-state index in [0.29, 0.717) is 6.54 Å². The molecule has 3 N–H and O–H groups in total. The Morgan fingerprint density at radius 1 is 1.36 bits per heavy atom. The predicted molar refractivity (Wildman–Crippen MR) is 94.3 cm³/mol. The highest BCUT2D eigenvalue weighted by molar-refractivity contribution is 5.85. The third kappa shape index (κ3) is 3.31. The molecule has 130 valence electrons. The Labute approximate surface area is 146 Å². The molecule has 0 bridgehead atoms. The van der Waals surface area contributed by atoms with Gasteiger partial charge in [0.15, 0.2) is 0 Å². The second kappa shape index (κ2) is 6.51. The van der Waals surface area contributed by atoms with E-state index < -0.39 is 0 Å². The molecule has 1 atom stereocenters. The number of carbonyl (C=O) groups is 2. The standard InChI is InChI=1S/C18H21N5O2/c1-10-5-4-6-13(7-10)17-14-9-23(15(25)8-20-12(3)24)11(2)16(14)21-18(19)22-17/h4-7,11H,8-9H2,1-3H3,(H,20,24)(H2,19,21,22)/t11-/m1/s1. The first-order valence-electron chi connectivity index (χ1n) is 8.14. The number of nitrogens with one attached hydrogen (secondary N) is 1. The molecule has 0 fully saturated rings. The summed E-state index contributed by atoms with van der Waals surface area (Å²) in [6, 6.07) is 7.77. The summed E-state index contributed by atoms with van der Waals surface area (Å²) in [4.78, 5) is 34.0. The summed E-state index contributed by atoms with van der Waals surface area (Å²) >= 11 is 0. The molecule has 2 heterocycles. The fraction of sp³-hybridized carbons (Fsp3) is 0.333. The Morgan fingerprint density at radius 2 is 2.12 bits per heavy atom. The minimum Gasteiger partial charge on any atom is -0.368 e. The van der Waals surface area contributed by atoms with Crippen LogP contribution in [0.15, 0.2) is 24.3 Å². The number of benzene rings is 1. The fourth-order valence-electron chi connectivity index (χ4n) is 3.11. The average Bonchev–Trinajstić information content (AvgIpc) is 2.89. The number of anilines is 1. The lowest BCUT2D eigenvalue weighted by Gasteiger charge is -2.21. The number of nitrogens with two attached hydrogens (primary N) is 1. The number of amides is 2. The summed E-state index contributed by atoms with van der Waals surface area (Å²) in [5.74, 6) is -0.199. The maximum absolute atomic E-state index is 12.4. The van der Waals surface area contributed by atoms with Crippen LogP contribution in [0.25, 0.3) is 11.3 Å². The lowest BCUT2D eigenvalue weighted by atomic mass is 10.0. The fourth-order valence-corrected chi connectivity index (χ4v) is 3.11. The van der Waals surface area contributed by atoms with Crippen molar-refractivity contribution in [3.05, 3.63) is 41.1 Å². The number of hydrogen-bond donors (Lipinski definition) is 2. The number of carbonyl (C=O) groups excluding carboxylic acids is 2. The van der Waals surface area contributed by atoms with Crippen molar-refractivity contribution >= 4 is 17.8 Å². The van der Waals surface area contributed by atoms with Gasteiger partial charge in [-0.15, -0.1) is 0 Å². The highest BCUT2D eigenvalue weighted by Gasteiger charge is 2.34.